The first kappa shape index (κ1) is 17.3. The van der Waals surface area contributed by atoms with Gasteiger partial charge >= 0.3 is 0 Å². The van der Waals surface area contributed by atoms with Crippen molar-refractivity contribution in [3.8, 4) is 0 Å². The van der Waals surface area contributed by atoms with Crippen LogP contribution in [0.4, 0.5) is 5.69 Å². The van der Waals surface area contributed by atoms with Crippen LogP contribution >= 0.6 is 0 Å². The highest BCUT2D eigenvalue weighted by Gasteiger charge is 2.32. The molecule has 1 aromatic rings. The number of para-hydroxylation sites is 1. The van der Waals surface area contributed by atoms with Gasteiger partial charge in [0.1, 0.15) is 0 Å². The molecule has 1 aliphatic heterocycles. The minimum atomic E-state index is 0.287. The Balaban J connectivity index is 1.58. The monoisotopic (exact) mass is 329 g/mol. The maximum Gasteiger partial charge on any atom is 0.225 e. The third kappa shape index (κ3) is 3.75. The lowest BCUT2D eigenvalue weighted by Crippen LogP contribution is -2.38. The molecule has 1 saturated heterocycles. The van der Waals surface area contributed by atoms with Crippen LogP contribution in [-0.2, 0) is 4.79 Å². The summed E-state index contributed by atoms with van der Waals surface area (Å²) in [4.78, 5) is 16.8. The Morgan fingerprint density at radius 1 is 1.21 bits per heavy atom. The predicted octanol–water partition coefficient (Wildman–Crippen LogP) is 3.19. The van der Waals surface area contributed by atoms with Gasteiger partial charge in [0.2, 0.25) is 5.91 Å². The van der Waals surface area contributed by atoms with Crippen molar-refractivity contribution in [1.82, 2.24) is 10.2 Å². The summed E-state index contributed by atoms with van der Waals surface area (Å²) in [6.07, 6.45) is 5.71. The highest BCUT2D eigenvalue weighted by molar-refractivity contribution is 5.79. The molecular formula is C20H31N3O. The molecule has 1 N–H and O–H groups in total. The summed E-state index contributed by atoms with van der Waals surface area (Å²) in [5, 5.41) is 3.75. The second kappa shape index (κ2) is 7.56. The molecule has 1 amide bonds. The molecule has 3 rings (SSSR count). The van der Waals surface area contributed by atoms with Gasteiger partial charge in [0.25, 0.3) is 0 Å². The zero-order valence-electron chi connectivity index (χ0n) is 15.3. The molecule has 0 bridgehead atoms. The number of benzene rings is 1. The van der Waals surface area contributed by atoms with Gasteiger partial charge in [-0.25, -0.2) is 0 Å². The van der Waals surface area contributed by atoms with E-state index in [0.29, 0.717) is 17.9 Å². The van der Waals surface area contributed by atoms with Crippen LogP contribution in [0.2, 0.25) is 0 Å². The number of hydrogen-bond donors (Lipinski definition) is 1. The molecule has 132 valence electrons. The van der Waals surface area contributed by atoms with Crippen molar-refractivity contribution in [2.45, 2.75) is 51.1 Å². The second-order valence-corrected chi connectivity index (χ2v) is 7.59. The van der Waals surface area contributed by atoms with Gasteiger partial charge in [0.05, 0.1) is 0 Å². The van der Waals surface area contributed by atoms with Crippen LogP contribution in [-0.4, -0.2) is 44.0 Å². The number of carbonyl (C=O) groups excluding carboxylic acids is 1. The van der Waals surface area contributed by atoms with Gasteiger partial charge < -0.3 is 15.1 Å². The molecule has 2 fully saturated rings. The van der Waals surface area contributed by atoms with Crippen LogP contribution in [0.1, 0.15) is 50.6 Å². The molecule has 1 aromatic carbocycles. The summed E-state index contributed by atoms with van der Waals surface area (Å²) in [6, 6.07) is 9.24. The highest BCUT2D eigenvalue weighted by atomic mass is 16.2. The van der Waals surface area contributed by atoms with E-state index in [2.05, 4.69) is 60.4 Å². The van der Waals surface area contributed by atoms with E-state index in [-0.39, 0.29) is 6.04 Å². The first-order chi connectivity index (χ1) is 11.6. The number of carbonyl (C=O) groups is 1. The molecule has 0 radical (unpaired) electrons. The van der Waals surface area contributed by atoms with Crippen LogP contribution in [0, 0.1) is 5.92 Å². The predicted molar refractivity (Wildman–Crippen MR) is 99.3 cm³/mol. The van der Waals surface area contributed by atoms with Crippen molar-refractivity contribution in [3.63, 3.8) is 0 Å². The van der Waals surface area contributed by atoms with Gasteiger partial charge in [-0.05, 0) is 37.8 Å². The number of rotatable bonds is 5. The minimum Gasteiger partial charge on any atom is -0.377 e. The third-order valence-corrected chi connectivity index (χ3v) is 5.58. The Bertz CT molecular complexity index is 566. The molecule has 4 heteroatoms. The van der Waals surface area contributed by atoms with E-state index in [0.717, 1.165) is 32.4 Å². The number of likely N-dealkylation sites (tertiary alicyclic amines) is 1. The average Bonchev–Trinajstić information content (AvgIpc) is 3.26. The molecule has 2 aliphatic rings. The van der Waals surface area contributed by atoms with Crippen molar-refractivity contribution in [1.29, 1.82) is 0 Å². The Morgan fingerprint density at radius 2 is 1.92 bits per heavy atom. The highest BCUT2D eigenvalue weighted by Crippen LogP contribution is 2.29. The van der Waals surface area contributed by atoms with Crippen molar-refractivity contribution < 1.29 is 4.79 Å². The van der Waals surface area contributed by atoms with E-state index in [1.807, 2.05) is 0 Å². The summed E-state index contributed by atoms with van der Waals surface area (Å²) >= 11 is 0. The van der Waals surface area contributed by atoms with E-state index in [1.165, 1.54) is 24.1 Å². The molecule has 1 heterocycles. The summed E-state index contributed by atoms with van der Waals surface area (Å²) in [7, 11) is 4.17. The van der Waals surface area contributed by atoms with E-state index in [1.54, 1.807) is 0 Å². The van der Waals surface area contributed by atoms with Gasteiger partial charge in [0.15, 0.2) is 0 Å². The molecule has 0 spiro atoms. The van der Waals surface area contributed by atoms with E-state index in [4.69, 9.17) is 0 Å². The minimum absolute atomic E-state index is 0.287. The number of amides is 1. The van der Waals surface area contributed by atoms with Crippen molar-refractivity contribution in [3.05, 3.63) is 29.8 Å². The third-order valence-electron chi connectivity index (χ3n) is 5.58. The lowest BCUT2D eigenvalue weighted by Gasteiger charge is -2.25. The van der Waals surface area contributed by atoms with E-state index >= 15 is 0 Å². The van der Waals surface area contributed by atoms with Gasteiger partial charge in [-0.2, -0.15) is 0 Å². The first-order valence-corrected chi connectivity index (χ1v) is 9.37. The largest absolute Gasteiger partial charge is 0.377 e. The molecule has 4 nitrogen and oxygen atoms in total. The Kier molecular flexibility index (Phi) is 5.44. The zero-order chi connectivity index (χ0) is 17.1. The lowest BCUT2D eigenvalue weighted by molar-refractivity contribution is -0.134. The van der Waals surface area contributed by atoms with Crippen LogP contribution in [0.5, 0.6) is 0 Å². The van der Waals surface area contributed by atoms with Crippen LogP contribution in [0.15, 0.2) is 24.3 Å². The van der Waals surface area contributed by atoms with Crippen LogP contribution in [0.25, 0.3) is 0 Å². The molecule has 0 aromatic heterocycles. The summed E-state index contributed by atoms with van der Waals surface area (Å²) in [5.41, 5.74) is 2.58. The summed E-state index contributed by atoms with van der Waals surface area (Å²) in [5.74, 6) is 0.703. The maximum absolute atomic E-state index is 12.6. The topological polar surface area (TPSA) is 35.6 Å². The Labute approximate surface area is 146 Å². The van der Waals surface area contributed by atoms with Crippen molar-refractivity contribution >= 4 is 11.6 Å². The standard InChI is InChI=1S/C20H31N3O/c1-15(18-10-6-7-11-19(18)22(2)3)21-17-12-13-23(14-17)20(24)16-8-4-5-9-16/h6-7,10-11,15-17,21H,4-5,8-9,12-14H2,1-3H3. The summed E-state index contributed by atoms with van der Waals surface area (Å²) in [6.45, 7) is 4.00. The Morgan fingerprint density at radius 3 is 2.62 bits per heavy atom. The maximum atomic E-state index is 12.6. The van der Waals surface area contributed by atoms with Crippen molar-refractivity contribution in [2.75, 3.05) is 32.1 Å². The van der Waals surface area contributed by atoms with Gasteiger partial charge in [0, 0.05) is 50.9 Å². The van der Waals surface area contributed by atoms with E-state index in [9.17, 15) is 4.79 Å². The fourth-order valence-electron chi connectivity index (χ4n) is 4.23. The number of hydrogen-bond acceptors (Lipinski definition) is 3. The smallest absolute Gasteiger partial charge is 0.225 e. The zero-order valence-corrected chi connectivity index (χ0v) is 15.3. The first-order valence-electron chi connectivity index (χ1n) is 9.37. The quantitative estimate of drug-likeness (QED) is 0.901. The normalized spacial score (nSPS) is 22.8. The fraction of sp³-hybridized carbons (Fsp3) is 0.650. The molecule has 2 atom stereocenters. The summed E-state index contributed by atoms with van der Waals surface area (Å²) < 4.78 is 0. The number of anilines is 1. The SMILES string of the molecule is CC(NC1CCN(C(=O)C2CCCC2)C1)c1ccccc1N(C)C. The molecule has 1 aliphatic carbocycles. The number of nitrogens with zero attached hydrogens (tertiary/aromatic N) is 2. The van der Waals surface area contributed by atoms with Crippen LogP contribution < -0.4 is 10.2 Å². The molecule has 2 unspecified atom stereocenters. The van der Waals surface area contributed by atoms with E-state index < -0.39 is 0 Å². The molecular weight excluding hydrogens is 298 g/mol. The number of nitrogens with one attached hydrogen (secondary N) is 1. The van der Waals surface area contributed by atoms with Crippen LogP contribution in [0.3, 0.4) is 0 Å². The van der Waals surface area contributed by atoms with Gasteiger partial charge in [-0.1, -0.05) is 31.0 Å². The second-order valence-electron chi connectivity index (χ2n) is 7.59. The van der Waals surface area contributed by atoms with Crippen molar-refractivity contribution in [2.24, 2.45) is 5.92 Å². The molecule has 1 saturated carbocycles. The lowest BCUT2D eigenvalue weighted by atomic mass is 10.0. The van der Waals surface area contributed by atoms with Gasteiger partial charge in [-0.3, -0.25) is 4.79 Å². The average molecular weight is 329 g/mol. The van der Waals surface area contributed by atoms with Gasteiger partial charge in [-0.15, -0.1) is 0 Å². The Hall–Kier alpha value is -1.55. The molecule has 24 heavy (non-hydrogen) atoms. The fourth-order valence-corrected chi connectivity index (χ4v) is 4.23.